The van der Waals surface area contributed by atoms with Gasteiger partial charge in [0.1, 0.15) is 10.7 Å². The third-order valence-corrected chi connectivity index (χ3v) is 5.63. The van der Waals surface area contributed by atoms with Crippen LogP contribution in [0.3, 0.4) is 0 Å². The minimum absolute atomic E-state index is 0.0562. The van der Waals surface area contributed by atoms with E-state index in [0.29, 0.717) is 10.7 Å². The zero-order valence-electron chi connectivity index (χ0n) is 16.7. The summed E-state index contributed by atoms with van der Waals surface area (Å²) in [6.07, 6.45) is 0. The number of carbonyl (C=O) groups is 2. The van der Waals surface area contributed by atoms with Crippen LogP contribution in [0.15, 0.2) is 41.8 Å². The van der Waals surface area contributed by atoms with Crippen LogP contribution in [-0.4, -0.2) is 35.3 Å². The smallest absolute Gasteiger partial charge is 0.273 e. The summed E-state index contributed by atoms with van der Waals surface area (Å²) in [5.41, 5.74) is 5.14. The van der Waals surface area contributed by atoms with Crippen LogP contribution in [0, 0.1) is 20.8 Å². The molecule has 0 aliphatic heterocycles. The first kappa shape index (κ1) is 21.0. The van der Waals surface area contributed by atoms with Crippen molar-refractivity contribution in [1.82, 2.24) is 9.88 Å². The SMILES string of the molecule is Cc1cc(C)c(NC(=O)CN(C)C(=O)c2csc(-c3ccc(Cl)cc3)n2)c(C)c1. The van der Waals surface area contributed by atoms with Crippen LogP contribution >= 0.6 is 22.9 Å². The van der Waals surface area contributed by atoms with Crippen LogP contribution in [0.2, 0.25) is 5.02 Å². The molecule has 1 heterocycles. The number of amides is 2. The molecule has 0 fully saturated rings. The minimum atomic E-state index is -0.297. The molecule has 0 saturated heterocycles. The molecule has 0 saturated carbocycles. The lowest BCUT2D eigenvalue weighted by molar-refractivity contribution is -0.116. The van der Waals surface area contributed by atoms with Crippen LogP contribution in [0.4, 0.5) is 5.69 Å². The maximum absolute atomic E-state index is 12.7. The second kappa shape index (κ2) is 8.76. The fraction of sp³-hybridized carbons (Fsp3) is 0.227. The van der Waals surface area contributed by atoms with Gasteiger partial charge in [-0.3, -0.25) is 9.59 Å². The van der Waals surface area contributed by atoms with Gasteiger partial charge in [-0.15, -0.1) is 11.3 Å². The standard InChI is InChI=1S/C22H22ClN3O2S/c1-13-9-14(2)20(15(3)10-13)25-19(27)11-26(4)22(28)18-12-29-21(24-18)16-5-7-17(23)8-6-16/h5-10,12H,11H2,1-4H3,(H,25,27). The highest BCUT2D eigenvalue weighted by Crippen LogP contribution is 2.26. The van der Waals surface area contributed by atoms with Gasteiger partial charge in [0, 0.05) is 28.7 Å². The number of carbonyl (C=O) groups excluding carboxylic acids is 2. The lowest BCUT2D eigenvalue weighted by Gasteiger charge is -2.17. The number of thiazole rings is 1. The van der Waals surface area contributed by atoms with Crippen molar-refractivity contribution in [2.75, 3.05) is 18.9 Å². The summed E-state index contributed by atoms with van der Waals surface area (Å²) in [6.45, 7) is 5.87. The van der Waals surface area contributed by atoms with Gasteiger partial charge in [0.05, 0.1) is 6.54 Å². The topological polar surface area (TPSA) is 62.3 Å². The summed E-state index contributed by atoms with van der Waals surface area (Å²) in [5, 5.41) is 5.99. The second-order valence-electron chi connectivity index (χ2n) is 7.03. The molecular formula is C22H22ClN3O2S. The van der Waals surface area contributed by atoms with Crippen molar-refractivity contribution in [3.8, 4) is 10.6 Å². The van der Waals surface area contributed by atoms with Gasteiger partial charge in [0.2, 0.25) is 5.91 Å². The Bertz CT molecular complexity index is 1040. The van der Waals surface area contributed by atoms with Crippen molar-refractivity contribution in [1.29, 1.82) is 0 Å². The van der Waals surface area contributed by atoms with Gasteiger partial charge in [0.15, 0.2) is 0 Å². The molecule has 0 radical (unpaired) electrons. The van der Waals surface area contributed by atoms with E-state index >= 15 is 0 Å². The summed E-state index contributed by atoms with van der Waals surface area (Å²) in [5.74, 6) is -0.543. The first-order chi connectivity index (χ1) is 13.7. The third kappa shape index (κ3) is 5.02. The molecule has 3 aromatic rings. The van der Waals surface area contributed by atoms with E-state index in [2.05, 4.69) is 10.3 Å². The van der Waals surface area contributed by atoms with Gasteiger partial charge in [0.25, 0.3) is 5.91 Å². The van der Waals surface area contributed by atoms with Gasteiger partial charge < -0.3 is 10.2 Å². The van der Waals surface area contributed by atoms with Crippen LogP contribution in [0.1, 0.15) is 27.2 Å². The van der Waals surface area contributed by atoms with E-state index in [9.17, 15) is 9.59 Å². The average Bonchev–Trinajstić information content (AvgIpc) is 3.14. The van der Waals surface area contributed by atoms with Gasteiger partial charge in [-0.1, -0.05) is 41.4 Å². The molecule has 29 heavy (non-hydrogen) atoms. The summed E-state index contributed by atoms with van der Waals surface area (Å²) in [4.78, 5) is 30.9. The van der Waals surface area contributed by atoms with Crippen LogP contribution in [0.25, 0.3) is 10.6 Å². The number of anilines is 1. The Hall–Kier alpha value is -2.70. The van der Waals surface area contributed by atoms with Crippen LogP contribution in [-0.2, 0) is 4.79 Å². The molecule has 0 atom stereocenters. The highest BCUT2D eigenvalue weighted by atomic mass is 35.5. The fourth-order valence-corrected chi connectivity index (χ4v) is 4.06. The van der Waals surface area contributed by atoms with E-state index in [4.69, 9.17) is 11.6 Å². The molecule has 2 aromatic carbocycles. The first-order valence-corrected chi connectivity index (χ1v) is 10.3. The monoisotopic (exact) mass is 427 g/mol. The molecule has 0 aliphatic rings. The molecule has 0 aliphatic carbocycles. The number of nitrogens with one attached hydrogen (secondary N) is 1. The van der Waals surface area contributed by atoms with Gasteiger partial charge in [-0.2, -0.15) is 0 Å². The zero-order valence-corrected chi connectivity index (χ0v) is 18.3. The minimum Gasteiger partial charge on any atom is -0.331 e. The maximum atomic E-state index is 12.7. The van der Waals surface area contributed by atoms with Crippen molar-refractivity contribution < 1.29 is 9.59 Å². The molecule has 0 bridgehead atoms. The average molecular weight is 428 g/mol. The lowest BCUT2D eigenvalue weighted by atomic mass is 10.1. The Balaban J connectivity index is 1.66. The number of aryl methyl sites for hydroxylation is 3. The van der Waals surface area contributed by atoms with Crippen molar-refractivity contribution >= 4 is 40.4 Å². The van der Waals surface area contributed by atoms with E-state index in [-0.39, 0.29) is 18.4 Å². The van der Waals surface area contributed by atoms with E-state index in [1.54, 1.807) is 24.6 Å². The molecule has 2 amide bonds. The van der Waals surface area contributed by atoms with Gasteiger partial charge in [-0.25, -0.2) is 4.98 Å². The number of likely N-dealkylation sites (N-methyl/N-ethyl adjacent to an activating group) is 1. The molecule has 7 heteroatoms. The fourth-order valence-electron chi connectivity index (χ4n) is 3.14. The summed E-state index contributed by atoms with van der Waals surface area (Å²) >= 11 is 7.29. The number of nitrogens with zero attached hydrogens (tertiary/aromatic N) is 2. The van der Waals surface area contributed by atoms with Crippen molar-refractivity contribution in [3.63, 3.8) is 0 Å². The van der Waals surface area contributed by atoms with Gasteiger partial charge >= 0.3 is 0 Å². The number of aromatic nitrogens is 1. The van der Waals surface area contributed by atoms with Crippen molar-refractivity contribution in [2.45, 2.75) is 20.8 Å². The Morgan fingerprint density at radius 2 is 1.72 bits per heavy atom. The third-order valence-electron chi connectivity index (χ3n) is 4.48. The summed E-state index contributed by atoms with van der Waals surface area (Å²) < 4.78 is 0. The van der Waals surface area contributed by atoms with E-state index in [0.717, 1.165) is 32.9 Å². The molecule has 0 unspecified atom stereocenters. The number of hydrogen-bond donors (Lipinski definition) is 1. The molecule has 5 nitrogen and oxygen atoms in total. The number of benzene rings is 2. The van der Waals surface area contributed by atoms with Crippen molar-refractivity contribution in [3.05, 3.63) is 69.2 Å². The van der Waals surface area contributed by atoms with E-state index in [1.165, 1.54) is 16.2 Å². The van der Waals surface area contributed by atoms with E-state index < -0.39 is 0 Å². The molecule has 1 N–H and O–H groups in total. The first-order valence-electron chi connectivity index (χ1n) is 9.09. The lowest BCUT2D eigenvalue weighted by Crippen LogP contribution is -2.35. The highest BCUT2D eigenvalue weighted by Gasteiger charge is 2.19. The highest BCUT2D eigenvalue weighted by molar-refractivity contribution is 7.13. The normalized spacial score (nSPS) is 10.7. The number of hydrogen-bond acceptors (Lipinski definition) is 4. The Morgan fingerprint density at radius 1 is 1.10 bits per heavy atom. The molecule has 150 valence electrons. The Morgan fingerprint density at radius 3 is 2.34 bits per heavy atom. The maximum Gasteiger partial charge on any atom is 0.273 e. The summed E-state index contributed by atoms with van der Waals surface area (Å²) in [7, 11) is 1.60. The predicted molar refractivity (Wildman–Crippen MR) is 119 cm³/mol. The number of halogens is 1. The number of rotatable bonds is 5. The Labute approximate surface area is 179 Å². The predicted octanol–water partition coefficient (Wildman–Crippen LogP) is 5.10. The quantitative estimate of drug-likeness (QED) is 0.616. The molecule has 1 aromatic heterocycles. The van der Waals surface area contributed by atoms with Crippen LogP contribution < -0.4 is 5.32 Å². The molecule has 0 spiro atoms. The largest absolute Gasteiger partial charge is 0.331 e. The summed E-state index contributed by atoms with van der Waals surface area (Å²) in [6, 6.07) is 11.3. The van der Waals surface area contributed by atoms with Gasteiger partial charge in [-0.05, 0) is 44.0 Å². The van der Waals surface area contributed by atoms with Crippen LogP contribution in [0.5, 0.6) is 0 Å². The van der Waals surface area contributed by atoms with Crippen molar-refractivity contribution in [2.24, 2.45) is 0 Å². The molecular weight excluding hydrogens is 406 g/mol. The Kier molecular flexibility index (Phi) is 6.35. The van der Waals surface area contributed by atoms with E-state index in [1.807, 2.05) is 45.0 Å². The molecule has 3 rings (SSSR count). The second-order valence-corrected chi connectivity index (χ2v) is 8.32. The zero-order chi connectivity index (χ0) is 21.1.